The average molecular weight is 452 g/mol. The Morgan fingerprint density at radius 2 is 1.82 bits per heavy atom. The molecule has 3 aromatic rings. The van der Waals surface area contributed by atoms with E-state index in [0.717, 1.165) is 5.69 Å². The number of para-hydroxylation sites is 1. The Kier molecular flexibility index (Phi) is 8.14. The van der Waals surface area contributed by atoms with Crippen LogP contribution in [0.15, 0.2) is 60.8 Å². The summed E-state index contributed by atoms with van der Waals surface area (Å²) in [4.78, 5) is 36.4. The number of nitrogens with zero attached hydrogens (tertiary/aromatic N) is 2. The van der Waals surface area contributed by atoms with Gasteiger partial charge in [-0.15, -0.1) is 0 Å². The molecule has 0 saturated carbocycles. The van der Waals surface area contributed by atoms with Crippen LogP contribution in [0.25, 0.3) is 16.9 Å². The van der Waals surface area contributed by atoms with Crippen LogP contribution in [0, 0.1) is 0 Å². The number of aromatic nitrogens is 2. The number of hydrogen-bond acceptors (Lipinski definition) is 7. The van der Waals surface area contributed by atoms with Gasteiger partial charge in [-0.1, -0.05) is 30.3 Å². The van der Waals surface area contributed by atoms with Crippen molar-refractivity contribution in [2.24, 2.45) is 0 Å². The summed E-state index contributed by atoms with van der Waals surface area (Å²) in [6.07, 6.45) is 1.53. The Hall–Kier alpha value is -4.18. The van der Waals surface area contributed by atoms with Crippen molar-refractivity contribution in [3.05, 3.63) is 66.4 Å². The van der Waals surface area contributed by atoms with Crippen LogP contribution in [0.2, 0.25) is 0 Å². The molecular weight excluding hydrogens is 428 g/mol. The highest BCUT2D eigenvalue weighted by atomic mass is 16.5. The molecule has 172 valence electrons. The van der Waals surface area contributed by atoms with Gasteiger partial charge in [-0.2, -0.15) is 5.10 Å². The van der Waals surface area contributed by atoms with Crippen molar-refractivity contribution < 1.29 is 28.6 Å². The maximum Gasteiger partial charge on any atom is 0.342 e. The molecule has 0 spiro atoms. The van der Waals surface area contributed by atoms with Crippen molar-refractivity contribution >= 4 is 17.9 Å². The molecule has 33 heavy (non-hydrogen) atoms. The minimum absolute atomic E-state index is 0.157. The van der Waals surface area contributed by atoms with Gasteiger partial charge in [0.15, 0.2) is 6.61 Å². The molecule has 0 atom stereocenters. The lowest BCUT2D eigenvalue weighted by Gasteiger charge is -2.07. The summed E-state index contributed by atoms with van der Waals surface area (Å²) < 4.78 is 16.8. The third kappa shape index (κ3) is 6.40. The SMILES string of the molecule is COCCNC(=O)NC(=O)COC(=O)c1cn(-c2ccccc2)nc1-c1cccc(OC)c1. The minimum atomic E-state index is -0.767. The maximum absolute atomic E-state index is 12.8. The zero-order chi connectivity index (χ0) is 23.6. The molecule has 0 radical (unpaired) electrons. The largest absolute Gasteiger partial charge is 0.497 e. The topological polar surface area (TPSA) is 121 Å². The van der Waals surface area contributed by atoms with Crippen molar-refractivity contribution in [3.63, 3.8) is 0 Å². The van der Waals surface area contributed by atoms with Gasteiger partial charge in [0.1, 0.15) is 17.0 Å². The first-order chi connectivity index (χ1) is 16.0. The van der Waals surface area contributed by atoms with E-state index in [4.69, 9.17) is 14.2 Å². The number of benzene rings is 2. The second-order valence-electron chi connectivity index (χ2n) is 6.78. The molecule has 0 aliphatic rings. The van der Waals surface area contributed by atoms with Crippen LogP contribution in [0.1, 0.15) is 10.4 Å². The molecule has 0 aliphatic heterocycles. The Labute approximate surface area is 190 Å². The van der Waals surface area contributed by atoms with E-state index in [1.54, 1.807) is 36.1 Å². The number of nitrogens with one attached hydrogen (secondary N) is 2. The molecule has 1 aromatic heterocycles. The summed E-state index contributed by atoms with van der Waals surface area (Å²) in [5.41, 5.74) is 1.90. The van der Waals surface area contributed by atoms with Gasteiger partial charge in [-0.05, 0) is 24.3 Å². The number of imide groups is 1. The van der Waals surface area contributed by atoms with Crippen molar-refractivity contribution in [1.29, 1.82) is 0 Å². The van der Waals surface area contributed by atoms with Gasteiger partial charge in [0, 0.05) is 25.4 Å². The molecule has 10 nitrogen and oxygen atoms in total. The van der Waals surface area contributed by atoms with Crippen molar-refractivity contribution in [2.45, 2.75) is 0 Å². The highest BCUT2D eigenvalue weighted by Crippen LogP contribution is 2.27. The summed E-state index contributed by atoms with van der Waals surface area (Å²) >= 11 is 0. The zero-order valence-electron chi connectivity index (χ0n) is 18.2. The smallest absolute Gasteiger partial charge is 0.342 e. The van der Waals surface area contributed by atoms with Gasteiger partial charge in [0.05, 0.1) is 19.4 Å². The van der Waals surface area contributed by atoms with Crippen LogP contribution < -0.4 is 15.4 Å². The molecule has 2 aromatic carbocycles. The van der Waals surface area contributed by atoms with Crippen molar-refractivity contribution in [3.8, 4) is 22.7 Å². The molecule has 3 amide bonds. The Morgan fingerprint density at radius 1 is 1.03 bits per heavy atom. The molecule has 3 rings (SSSR count). The van der Waals surface area contributed by atoms with Gasteiger partial charge in [0.2, 0.25) is 0 Å². The highest BCUT2D eigenvalue weighted by Gasteiger charge is 2.21. The van der Waals surface area contributed by atoms with Crippen molar-refractivity contribution in [2.75, 3.05) is 34.0 Å². The number of ether oxygens (including phenoxy) is 3. The lowest BCUT2D eigenvalue weighted by Crippen LogP contribution is -2.42. The van der Waals surface area contributed by atoms with Gasteiger partial charge in [-0.3, -0.25) is 10.1 Å². The summed E-state index contributed by atoms with van der Waals surface area (Å²) in [6.45, 7) is -0.0996. The first-order valence-corrected chi connectivity index (χ1v) is 10.0. The highest BCUT2D eigenvalue weighted by molar-refractivity contribution is 5.99. The van der Waals surface area contributed by atoms with Crippen LogP contribution in [0.4, 0.5) is 4.79 Å². The van der Waals surface area contributed by atoms with Crippen LogP contribution in [0.5, 0.6) is 5.75 Å². The molecule has 0 aliphatic carbocycles. The van der Waals surface area contributed by atoms with E-state index < -0.39 is 24.5 Å². The fourth-order valence-electron chi connectivity index (χ4n) is 2.90. The third-order valence-corrected chi connectivity index (χ3v) is 4.48. The van der Waals surface area contributed by atoms with E-state index in [1.807, 2.05) is 30.3 Å². The Bertz CT molecular complexity index is 1110. The number of carbonyl (C=O) groups excluding carboxylic acids is 3. The summed E-state index contributed by atoms with van der Waals surface area (Å²) in [7, 11) is 3.03. The van der Waals surface area contributed by atoms with E-state index in [9.17, 15) is 14.4 Å². The first kappa shape index (κ1) is 23.5. The lowest BCUT2D eigenvalue weighted by atomic mass is 10.1. The quantitative estimate of drug-likeness (QED) is 0.377. The minimum Gasteiger partial charge on any atom is -0.497 e. The second kappa shape index (κ2) is 11.4. The van der Waals surface area contributed by atoms with Crippen LogP contribution in [-0.4, -0.2) is 61.7 Å². The van der Waals surface area contributed by atoms with Crippen molar-refractivity contribution in [1.82, 2.24) is 20.4 Å². The average Bonchev–Trinajstić information content (AvgIpc) is 3.29. The lowest BCUT2D eigenvalue weighted by molar-refractivity contribution is -0.123. The summed E-state index contributed by atoms with van der Waals surface area (Å²) in [6, 6.07) is 15.6. The monoisotopic (exact) mass is 452 g/mol. The number of rotatable bonds is 9. The molecule has 0 unspecified atom stereocenters. The molecule has 0 fully saturated rings. The number of hydrogen-bond donors (Lipinski definition) is 2. The Balaban J connectivity index is 1.77. The normalized spacial score (nSPS) is 10.4. The third-order valence-electron chi connectivity index (χ3n) is 4.48. The van der Waals surface area contributed by atoms with Crippen LogP contribution >= 0.6 is 0 Å². The van der Waals surface area contributed by atoms with Gasteiger partial charge >= 0.3 is 12.0 Å². The van der Waals surface area contributed by atoms with E-state index in [1.165, 1.54) is 13.3 Å². The van der Waals surface area contributed by atoms with Gasteiger partial charge in [0.25, 0.3) is 5.91 Å². The molecule has 10 heteroatoms. The van der Waals surface area contributed by atoms with Crippen LogP contribution in [0.3, 0.4) is 0 Å². The van der Waals surface area contributed by atoms with E-state index in [0.29, 0.717) is 23.6 Å². The van der Waals surface area contributed by atoms with Gasteiger partial charge < -0.3 is 19.5 Å². The summed E-state index contributed by atoms with van der Waals surface area (Å²) in [5.74, 6) is -0.929. The number of amides is 3. The van der Waals surface area contributed by atoms with Crippen LogP contribution in [-0.2, 0) is 14.3 Å². The summed E-state index contributed by atoms with van der Waals surface area (Å²) in [5, 5.41) is 9.06. The molecule has 1 heterocycles. The number of methoxy groups -OCH3 is 2. The van der Waals surface area contributed by atoms with E-state index >= 15 is 0 Å². The molecule has 2 N–H and O–H groups in total. The Morgan fingerprint density at radius 3 is 2.55 bits per heavy atom. The predicted octanol–water partition coefficient (Wildman–Crippen LogP) is 2.18. The second-order valence-corrected chi connectivity index (χ2v) is 6.78. The standard InChI is InChI=1S/C23H24N4O6/c1-31-12-11-24-23(30)25-20(28)15-33-22(29)19-14-27(17-8-4-3-5-9-17)26-21(19)16-7-6-10-18(13-16)32-2/h3-10,13-14H,11-12,15H2,1-2H3,(H2,24,25,28,30). The van der Waals surface area contributed by atoms with Gasteiger partial charge in [-0.25, -0.2) is 14.3 Å². The fraction of sp³-hybridized carbons (Fsp3) is 0.217. The number of esters is 1. The zero-order valence-corrected chi connectivity index (χ0v) is 18.2. The molecular formula is C23H24N4O6. The molecule has 0 bridgehead atoms. The fourth-order valence-corrected chi connectivity index (χ4v) is 2.90. The first-order valence-electron chi connectivity index (χ1n) is 10.0. The molecule has 0 saturated heterocycles. The number of urea groups is 1. The van der Waals surface area contributed by atoms with E-state index in [-0.39, 0.29) is 12.1 Å². The van der Waals surface area contributed by atoms with E-state index in [2.05, 4.69) is 15.7 Å². The maximum atomic E-state index is 12.8. The predicted molar refractivity (Wildman–Crippen MR) is 119 cm³/mol. The number of carbonyl (C=O) groups is 3.